The quantitative estimate of drug-likeness (QED) is 0.847. The molecule has 0 bridgehead atoms. The number of nitrogens with two attached hydrogens (primary N) is 1. The van der Waals surface area contributed by atoms with E-state index in [1.807, 2.05) is 18.2 Å². The minimum Gasteiger partial charge on any atom is -0.481 e. The topological polar surface area (TPSA) is 35.2 Å². The number of ether oxygens (including phenoxy) is 1. The molecular weight excluding hydrogens is 278 g/mol. The largest absolute Gasteiger partial charge is 0.481 e. The van der Waals surface area contributed by atoms with Gasteiger partial charge in [0, 0.05) is 10.5 Å². The van der Waals surface area contributed by atoms with E-state index in [1.165, 1.54) is 5.56 Å². The molecule has 1 unspecified atom stereocenters. The second-order valence-electron chi connectivity index (χ2n) is 3.84. The van der Waals surface area contributed by atoms with Crippen molar-refractivity contribution in [1.29, 1.82) is 0 Å². The van der Waals surface area contributed by atoms with Crippen LogP contribution in [0.15, 0.2) is 22.7 Å². The third-order valence-electron chi connectivity index (χ3n) is 2.51. The van der Waals surface area contributed by atoms with Crippen molar-refractivity contribution in [3.63, 3.8) is 0 Å². The Labute approximate surface area is 112 Å². The Kier molecular flexibility index (Phi) is 6.10. The summed E-state index contributed by atoms with van der Waals surface area (Å²) in [5, 5.41) is 0. The average Bonchev–Trinajstić information content (AvgIpc) is 2.33. The van der Waals surface area contributed by atoms with Gasteiger partial charge in [-0.3, -0.25) is 0 Å². The van der Waals surface area contributed by atoms with E-state index in [1.54, 1.807) is 6.92 Å². The van der Waals surface area contributed by atoms with E-state index in [0.29, 0.717) is 6.61 Å². The van der Waals surface area contributed by atoms with Crippen molar-refractivity contribution in [2.24, 2.45) is 5.73 Å². The molecule has 0 heterocycles. The van der Waals surface area contributed by atoms with Crippen molar-refractivity contribution >= 4 is 15.9 Å². The number of benzene rings is 1. The molecule has 0 saturated carbocycles. The predicted octanol–water partition coefficient (Wildman–Crippen LogP) is 3.13. The van der Waals surface area contributed by atoms with Crippen LogP contribution in [-0.4, -0.2) is 12.6 Å². The van der Waals surface area contributed by atoms with Gasteiger partial charge in [0.15, 0.2) is 0 Å². The molecular formula is C14H18BrNO. The Morgan fingerprint density at radius 2 is 2.24 bits per heavy atom. The van der Waals surface area contributed by atoms with Crippen molar-refractivity contribution in [2.45, 2.75) is 32.7 Å². The fourth-order valence-electron chi connectivity index (χ4n) is 1.42. The van der Waals surface area contributed by atoms with Gasteiger partial charge >= 0.3 is 0 Å². The highest BCUT2D eigenvalue weighted by molar-refractivity contribution is 9.10. The average molecular weight is 296 g/mol. The van der Waals surface area contributed by atoms with Crippen molar-refractivity contribution in [3.05, 3.63) is 28.2 Å². The molecule has 3 heteroatoms. The smallest absolute Gasteiger partial charge is 0.149 e. The van der Waals surface area contributed by atoms with Crippen molar-refractivity contribution in [3.8, 4) is 17.6 Å². The Morgan fingerprint density at radius 3 is 2.88 bits per heavy atom. The highest BCUT2D eigenvalue weighted by Crippen LogP contribution is 2.24. The van der Waals surface area contributed by atoms with E-state index in [9.17, 15) is 0 Å². The maximum Gasteiger partial charge on any atom is 0.149 e. The SMILES string of the molecule is CC#CCOc1ccc(Br)c(CC(N)CC)c1. The molecule has 1 atom stereocenters. The second-order valence-corrected chi connectivity index (χ2v) is 4.70. The van der Waals surface area contributed by atoms with Gasteiger partial charge in [-0.2, -0.15) is 0 Å². The van der Waals surface area contributed by atoms with Crippen LogP contribution in [0.3, 0.4) is 0 Å². The first kappa shape index (κ1) is 14.1. The number of halogens is 1. The van der Waals surface area contributed by atoms with E-state index in [4.69, 9.17) is 10.5 Å². The zero-order valence-corrected chi connectivity index (χ0v) is 11.9. The lowest BCUT2D eigenvalue weighted by Crippen LogP contribution is -2.21. The van der Waals surface area contributed by atoms with E-state index in [-0.39, 0.29) is 6.04 Å². The summed E-state index contributed by atoms with van der Waals surface area (Å²) in [5.74, 6) is 6.52. The van der Waals surface area contributed by atoms with Gasteiger partial charge in [-0.15, -0.1) is 5.92 Å². The summed E-state index contributed by atoms with van der Waals surface area (Å²) < 4.78 is 6.60. The normalized spacial score (nSPS) is 11.5. The van der Waals surface area contributed by atoms with Crippen LogP contribution >= 0.6 is 15.9 Å². The Hall–Kier alpha value is -0.980. The molecule has 0 spiro atoms. The van der Waals surface area contributed by atoms with Crippen LogP contribution in [-0.2, 0) is 6.42 Å². The van der Waals surface area contributed by atoms with Crippen LogP contribution in [0.1, 0.15) is 25.8 Å². The van der Waals surface area contributed by atoms with Gasteiger partial charge in [0.1, 0.15) is 12.4 Å². The fourth-order valence-corrected chi connectivity index (χ4v) is 1.82. The van der Waals surface area contributed by atoms with Gasteiger partial charge in [-0.25, -0.2) is 0 Å². The summed E-state index contributed by atoms with van der Waals surface area (Å²) in [6, 6.07) is 6.14. The lowest BCUT2D eigenvalue weighted by molar-refractivity contribution is 0.369. The Balaban J connectivity index is 2.74. The molecule has 1 aromatic rings. The Morgan fingerprint density at radius 1 is 1.47 bits per heavy atom. The maximum absolute atomic E-state index is 5.96. The van der Waals surface area contributed by atoms with Gasteiger partial charge < -0.3 is 10.5 Å². The minimum atomic E-state index is 0.192. The first-order chi connectivity index (χ1) is 8.17. The first-order valence-electron chi connectivity index (χ1n) is 5.73. The highest BCUT2D eigenvalue weighted by Gasteiger charge is 2.06. The molecule has 2 N–H and O–H groups in total. The van der Waals surface area contributed by atoms with Gasteiger partial charge in [-0.05, 0) is 43.5 Å². The van der Waals surface area contributed by atoms with Crippen molar-refractivity contribution in [2.75, 3.05) is 6.61 Å². The summed E-state index contributed by atoms with van der Waals surface area (Å²) in [6.07, 6.45) is 1.83. The van der Waals surface area contributed by atoms with Crippen LogP contribution in [0.5, 0.6) is 5.75 Å². The number of hydrogen-bond acceptors (Lipinski definition) is 2. The van der Waals surface area contributed by atoms with E-state index in [0.717, 1.165) is 23.1 Å². The van der Waals surface area contributed by atoms with Crippen molar-refractivity contribution < 1.29 is 4.74 Å². The summed E-state index contributed by atoms with van der Waals surface area (Å²) in [7, 11) is 0. The monoisotopic (exact) mass is 295 g/mol. The maximum atomic E-state index is 5.96. The minimum absolute atomic E-state index is 0.192. The molecule has 0 aromatic heterocycles. The second kappa shape index (κ2) is 7.37. The zero-order valence-electron chi connectivity index (χ0n) is 10.3. The number of hydrogen-bond donors (Lipinski definition) is 1. The molecule has 1 aromatic carbocycles. The molecule has 2 nitrogen and oxygen atoms in total. The number of rotatable bonds is 5. The summed E-state index contributed by atoms with van der Waals surface area (Å²) in [4.78, 5) is 0. The lowest BCUT2D eigenvalue weighted by atomic mass is 10.0. The van der Waals surface area contributed by atoms with E-state index < -0.39 is 0 Å². The third-order valence-corrected chi connectivity index (χ3v) is 3.29. The van der Waals surface area contributed by atoms with Gasteiger partial charge in [0.05, 0.1) is 0 Å². The molecule has 1 rings (SSSR count). The zero-order chi connectivity index (χ0) is 12.7. The molecule has 92 valence electrons. The van der Waals surface area contributed by atoms with Crippen LogP contribution in [0.4, 0.5) is 0 Å². The molecule has 0 saturated heterocycles. The van der Waals surface area contributed by atoms with E-state index >= 15 is 0 Å². The molecule has 0 aliphatic heterocycles. The molecule has 17 heavy (non-hydrogen) atoms. The van der Waals surface area contributed by atoms with Crippen LogP contribution < -0.4 is 10.5 Å². The molecule has 0 aliphatic rings. The lowest BCUT2D eigenvalue weighted by Gasteiger charge is -2.12. The highest BCUT2D eigenvalue weighted by atomic mass is 79.9. The fraction of sp³-hybridized carbons (Fsp3) is 0.429. The summed E-state index contributed by atoms with van der Waals surface area (Å²) in [6.45, 7) is 4.32. The molecule has 0 aliphatic carbocycles. The molecule has 0 fully saturated rings. The van der Waals surface area contributed by atoms with E-state index in [2.05, 4.69) is 34.7 Å². The predicted molar refractivity (Wildman–Crippen MR) is 75.1 cm³/mol. The molecule has 0 amide bonds. The summed E-state index contributed by atoms with van der Waals surface area (Å²) >= 11 is 3.53. The standard InChI is InChI=1S/C14H18BrNO/c1-3-5-8-17-13-6-7-14(15)11(10-13)9-12(16)4-2/h6-7,10,12H,4,8-9,16H2,1-2H3. The summed E-state index contributed by atoms with van der Waals surface area (Å²) in [5.41, 5.74) is 7.14. The Bertz CT molecular complexity index is 420. The van der Waals surface area contributed by atoms with Gasteiger partial charge in [0.2, 0.25) is 0 Å². The third kappa shape index (κ3) is 4.80. The van der Waals surface area contributed by atoms with Crippen LogP contribution in [0, 0.1) is 11.8 Å². The van der Waals surface area contributed by atoms with Crippen molar-refractivity contribution in [1.82, 2.24) is 0 Å². The molecule has 0 radical (unpaired) electrons. The van der Waals surface area contributed by atoms with Gasteiger partial charge in [0.25, 0.3) is 0 Å². The van der Waals surface area contributed by atoms with Gasteiger partial charge in [-0.1, -0.05) is 28.8 Å². The van der Waals surface area contributed by atoms with Crippen LogP contribution in [0.2, 0.25) is 0 Å². The first-order valence-corrected chi connectivity index (χ1v) is 6.53. The van der Waals surface area contributed by atoms with Crippen LogP contribution in [0.25, 0.3) is 0 Å².